The molecule has 0 saturated heterocycles. The van der Waals surface area contributed by atoms with Crippen LogP contribution in [0.15, 0.2) is 53.3 Å². The fourth-order valence-corrected chi connectivity index (χ4v) is 3.35. The molecule has 144 valence electrons. The van der Waals surface area contributed by atoms with Crippen molar-refractivity contribution < 1.29 is 9.53 Å². The van der Waals surface area contributed by atoms with E-state index in [-0.39, 0.29) is 11.5 Å². The van der Waals surface area contributed by atoms with Crippen LogP contribution in [0, 0.1) is 0 Å². The van der Waals surface area contributed by atoms with Crippen molar-refractivity contribution in [3.8, 4) is 5.75 Å². The summed E-state index contributed by atoms with van der Waals surface area (Å²) < 4.78 is 7.10. The first-order chi connectivity index (χ1) is 13.7. The van der Waals surface area contributed by atoms with E-state index in [1.807, 2.05) is 43.3 Å². The Kier molecular flexibility index (Phi) is 5.10. The number of nitrogens with zero attached hydrogens (tertiary/aromatic N) is 2. The lowest BCUT2D eigenvalue weighted by Crippen LogP contribution is -2.32. The monoisotopic (exact) mass is 377 g/mol. The highest BCUT2D eigenvalue weighted by atomic mass is 16.5. The Bertz CT molecular complexity index is 1070. The number of nitrogens with one attached hydrogen (secondary N) is 1. The van der Waals surface area contributed by atoms with Gasteiger partial charge in [0.05, 0.1) is 24.4 Å². The standard InChI is InChI=1S/C22H23N3O3/c1-2-28-19-11-9-15-5-3-4-6-17(15)21(19)22(27)23-13-14-25-20(26)12-10-18(24-25)16-7-8-16/h3-6,9-12,16H,2,7-8,13-14H2,1H3,(H,23,27). The SMILES string of the molecule is CCOc1ccc2ccccc2c1C(=O)NCCn1nc(C2CC2)ccc1=O. The molecule has 1 aromatic heterocycles. The summed E-state index contributed by atoms with van der Waals surface area (Å²) in [5.74, 6) is 0.822. The van der Waals surface area contributed by atoms with Crippen molar-refractivity contribution in [3.63, 3.8) is 0 Å². The molecule has 1 heterocycles. The van der Waals surface area contributed by atoms with Crippen LogP contribution in [-0.4, -0.2) is 28.8 Å². The van der Waals surface area contributed by atoms with Gasteiger partial charge in [-0.1, -0.05) is 30.3 Å². The fourth-order valence-electron chi connectivity index (χ4n) is 3.35. The molecule has 1 aliphatic carbocycles. The second-order valence-electron chi connectivity index (χ2n) is 6.94. The Hall–Kier alpha value is -3.15. The van der Waals surface area contributed by atoms with E-state index in [2.05, 4.69) is 10.4 Å². The molecule has 0 radical (unpaired) electrons. The first kappa shape index (κ1) is 18.2. The maximum atomic E-state index is 12.9. The van der Waals surface area contributed by atoms with Gasteiger partial charge in [-0.3, -0.25) is 9.59 Å². The maximum absolute atomic E-state index is 12.9. The Morgan fingerprint density at radius 1 is 1.18 bits per heavy atom. The number of rotatable bonds is 7. The third kappa shape index (κ3) is 3.76. The molecular weight excluding hydrogens is 354 g/mol. The lowest BCUT2D eigenvalue weighted by Gasteiger charge is -2.14. The van der Waals surface area contributed by atoms with E-state index >= 15 is 0 Å². The van der Waals surface area contributed by atoms with Gasteiger partial charge in [0.25, 0.3) is 11.5 Å². The van der Waals surface area contributed by atoms with Crippen molar-refractivity contribution in [2.24, 2.45) is 0 Å². The van der Waals surface area contributed by atoms with E-state index in [4.69, 9.17) is 4.74 Å². The number of aromatic nitrogens is 2. The van der Waals surface area contributed by atoms with Gasteiger partial charge in [-0.2, -0.15) is 5.10 Å². The Morgan fingerprint density at radius 2 is 2.00 bits per heavy atom. The first-order valence-corrected chi connectivity index (χ1v) is 9.68. The van der Waals surface area contributed by atoms with Crippen LogP contribution in [0.2, 0.25) is 0 Å². The number of benzene rings is 2. The number of carbonyl (C=O) groups excluding carboxylic acids is 1. The van der Waals surface area contributed by atoms with Crippen molar-refractivity contribution >= 4 is 16.7 Å². The van der Waals surface area contributed by atoms with Gasteiger partial charge in [-0.25, -0.2) is 4.68 Å². The van der Waals surface area contributed by atoms with Gasteiger partial charge in [0.15, 0.2) is 0 Å². The van der Waals surface area contributed by atoms with Crippen molar-refractivity contribution in [1.82, 2.24) is 15.1 Å². The second kappa shape index (κ2) is 7.84. The van der Waals surface area contributed by atoms with E-state index in [1.165, 1.54) is 4.68 Å². The number of carbonyl (C=O) groups is 1. The average molecular weight is 377 g/mol. The van der Waals surface area contributed by atoms with Crippen molar-refractivity contribution in [1.29, 1.82) is 0 Å². The third-order valence-corrected chi connectivity index (χ3v) is 4.91. The smallest absolute Gasteiger partial charge is 0.266 e. The molecule has 1 N–H and O–H groups in total. The molecule has 4 rings (SSSR count). The van der Waals surface area contributed by atoms with Gasteiger partial charge < -0.3 is 10.1 Å². The molecule has 6 heteroatoms. The second-order valence-corrected chi connectivity index (χ2v) is 6.94. The van der Waals surface area contributed by atoms with E-state index in [9.17, 15) is 9.59 Å². The molecule has 2 aromatic carbocycles. The lowest BCUT2D eigenvalue weighted by molar-refractivity contribution is 0.0949. The molecule has 1 fully saturated rings. The Morgan fingerprint density at radius 3 is 2.79 bits per heavy atom. The van der Waals surface area contributed by atoms with Gasteiger partial charge in [-0.15, -0.1) is 0 Å². The van der Waals surface area contributed by atoms with Crippen molar-refractivity contribution in [3.05, 3.63) is 70.1 Å². The predicted molar refractivity (Wildman–Crippen MR) is 108 cm³/mol. The molecule has 0 spiro atoms. The number of hydrogen-bond donors (Lipinski definition) is 1. The van der Waals surface area contributed by atoms with Gasteiger partial charge >= 0.3 is 0 Å². The van der Waals surface area contributed by atoms with Crippen LogP contribution in [0.3, 0.4) is 0 Å². The highest BCUT2D eigenvalue weighted by molar-refractivity contribution is 6.09. The quantitative estimate of drug-likeness (QED) is 0.687. The van der Waals surface area contributed by atoms with E-state index in [0.29, 0.717) is 36.9 Å². The average Bonchev–Trinajstić information content (AvgIpc) is 3.54. The summed E-state index contributed by atoms with van der Waals surface area (Å²) in [7, 11) is 0. The Labute approximate surface area is 163 Å². The van der Waals surface area contributed by atoms with Crippen LogP contribution < -0.4 is 15.6 Å². The summed E-state index contributed by atoms with van der Waals surface area (Å²) in [4.78, 5) is 25.0. The van der Waals surface area contributed by atoms with Gasteiger partial charge in [0, 0.05) is 18.5 Å². The van der Waals surface area contributed by atoms with E-state index in [1.54, 1.807) is 12.1 Å². The number of hydrogen-bond acceptors (Lipinski definition) is 4. The van der Waals surface area contributed by atoms with Crippen LogP contribution in [0.25, 0.3) is 10.8 Å². The number of ether oxygens (including phenoxy) is 1. The fraction of sp³-hybridized carbons (Fsp3) is 0.318. The minimum atomic E-state index is -0.216. The highest BCUT2D eigenvalue weighted by Gasteiger charge is 2.25. The normalized spacial score (nSPS) is 13.5. The van der Waals surface area contributed by atoms with Gasteiger partial charge in [0.1, 0.15) is 5.75 Å². The number of fused-ring (bicyclic) bond motifs is 1. The van der Waals surface area contributed by atoms with Crippen LogP contribution in [0.5, 0.6) is 5.75 Å². The summed E-state index contributed by atoms with van der Waals surface area (Å²) >= 11 is 0. The summed E-state index contributed by atoms with van der Waals surface area (Å²) in [6.45, 7) is 3.02. The molecule has 1 aliphatic rings. The molecule has 1 amide bonds. The minimum Gasteiger partial charge on any atom is -0.493 e. The molecule has 3 aromatic rings. The molecule has 0 unspecified atom stereocenters. The van der Waals surface area contributed by atoms with E-state index in [0.717, 1.165) is 29.3 Å². The van der Waals surface area contributed by atoms with Crippen LogP contribution >= 0.6 is 0 Å². The molecule has 1 saturated carbocycles. The zero-order valence-electron chi connectivity index (χ0n) is 15.9. The minimum absolute atomic E-state index is 0.154. The lowest BCUT2D eigenvalue weighted by atomic mass is 10.0. The van der Waals surface area contributed by atoms with Crippen LogP contribution in [0.1, 0.15) is 41.7 Å². The molecule has 0 bridgehead atoms. The molecule has 0 atom stereocenters. The van der Waals surface area contributed by atoms with Gasteiger partial charge in [-0.05, 0) is 42.7 Å². The maximum Gasteiger partial charge on any atom is 0.266 e. The van der Waals surface area contributed by atoms with Crippen LogP contribution in [-0.2, 0) is 6.54 Å². The van der Waals surface area contributed by atoms with Crippen molar-refractivity contribution in [2.45, 2.75) is 32.2 Å². The highest BCUT2D eigenvalue weighted by Crippen LogP contribution is 2.38. The summed E-state index contributed by atoms with van der Waals surface area (Å²) in [5.41, 5.74) is 1.32. The topological polar surface area (TPSA) is 73.2 Å². The molecule has 28 heavy (non-hydrogen) atoms. The van der Waals surface area contributed by atoms with Crippen molar-refractivity contribution in [2.75, 3.05) is 13.2 Å². The number of amides is 1. The summed E-state index contributed by atoms with van der Waals surface area (Å²) in [5, 5.41) is 9.16. The van der Waals surface area contributed by atoms with Crippen LogP contribution in [0.4, 0.5) is 0 Å². The zero-order valence-corrected chi connectivity index (χ0v) is 15.9. The van der Waals surface area contributed by atoms with E-state index < -0.39 is 0 Å². The molecule has 6 nitrogen and oxygen atoms in total. The first-order valence-electron chi connectivity index (χ1n) is 9.68. The molecular formula is C22H23N3O3. The predicted octanol–water partition coefficient (Wildman–Crippen LogP) is 3.10. The Balaban J connectivity index is 1.52. The zero-order chi connectivity index (χ0) is 19.5. The third-order valence-electron chi connectivity index (χ3n) is 4.91. The summed E-state index contributed by atoms with van der Waals surface area (Å²) in [6.07, 6.45) is 2.26. The summed E-state index contributed by atoms with van der Waals surface area (Å²) in [6, 6.07) is 14.9. The molecule has 0 aliphatic heterocycles. The van der Waals surface area contributed by atoms with Gasteiger partial charge in [0.2, 0.25) is 0 Å². The largest absolute Gasteiger partial charge is 0.493 e.